The first kappa shape index (κ1) is 18.9. The van der Waals surface area contributed by atoms with Gasteiger partial charge in [0.1, 0.15) is 17.3 Å². The second kappa shape index (κ2) is 9.74. The van der Waals surface area contributed by atoms with E-state index in [1.807, 2.05) is 6.07 Å². The number of ether oxygens (including phenoxy) is 2. The third-order valence-corrected chi connectivity index (χ3v) is 3.64. The van der Waals surface area contributed by atoms with Crippen LogP contribution in [0.15, 0.2) is 47.5 Å². The summed E-state index contributed by atoms with van der Waals surface area (Å²) in [6, 6.07) is 11.2. The van der Waals surface area contributed by atoms with Crippen molar-refractivity contribution < 1.29 is 13.9 Å². The number of benzene rings is 2. The maximum atomic E-state index is 12.8. The van der Waals surface area contributed by atoms with Crippen LogP contribution in [-0.4, -0.2) is 26.2 Å². The van der Waals surface area contributed by atoms with Gasteiger partial charge >= 0.3 is 0 Å². The van der Waals surface area contributed by atoms with Crippen molar-refractivity contribution in [1.29, 1.82) is 0 Å². The third kappa shape index (κ3) is 6.51. The molecule has 2 rings (SSSR count). The van der Waals surface area contributed by atoms with Gasteiger partial charge in [-0.25, -0.2) is 4.39 Å². The maximum absolute atomic E-state index is 12.8. The monoisotopic (exact) mass is 365 g/mol. The molecule has 0 fully saturated rings. The number of aliphatic imine (C=N–C) groups is 1. The van der Waals surface area contributed by atoms with Crippen molar-refractivity contribution >= 4 is 23.2 Å². The van der Waals surface area contributed by atoms with Gasteiger partial charge in [0.2, 0.25) is 0 Å². The molecule has 134 valence electrons. The summed E-state index contributed by atoms with van der Waals surface area (Å²) in [6.07, 6.45) is 1.65. The minimum absolute atomic E-state index is 0.275. The van der Waals surface area contributed by atoms with Gasteiger partial charge in [0.25, 0.3) is 0 Å². The summed E-state index contributed by atoms with van der Waals surface area (Å²) >= 11 is 6.05. The fraction of sp³-hybridized carbons (Fsp3) is 0.278. The molecular formula is C18H21ClFN3O2. The molecule has 0 amide bonds. The lowest BCUT2D eigenvalue weighted by atomic mass is 10.3. The highest BCUT2D eigenvalue weighted by molar-refractivity contribution is 6.32. The smallest absolute Gasteiger partial charge is 0.193 e. The Hall–Kier alpha value is -2.47. The molecule has 25 heavy (non-hydrogen) atoms. The molecule has 0 heterocycles. The summed E-state index contributed by atoms with van der Waals surface area (Å²) in [4.78, 5) is 4.25. The van der Waals surface area contributed by atoms with E-state index in [0.717, 1.165) is 18.5 Å². The zero-order valence-corrected chi connectivity index (χ0v) is 14.7. The summed E-state index contributed by atoms with van der Waals surface area (Å²) in [5.41, 5.74) is 6.59. The summed E-state index contributed by atoms with van der Waals surface area (Å²) < 4.78 is 23.4. The largest absolute Gasteiger partial charge is 0.495 e. The van der Waals surface area contributed by atoms with E-state index in [9.17, 15) is 4.39 Å². The van der Waals surface area contributed by atoms with Crippen molar-refractivity contribution in [1.82, 2.24) is 0 Å². The van der Waals surface area contributed by atoms with Crippen molar-refractivity contribution in [2.45, 2.75) is 12.8 Å². The van der Waals surface area contributed by atoms with E-state index < -0.39 is 0 Å². The number of halogens is 2. The molecule has 0 aliphatic heterocycles. The minimum Gasteiger partial charge on any atom is -0.495 e. The van der Waals surface area contributed by atoms with E-state index in [1.54, 1.807) is 31.4 Å². The van der Waals surface area contributed by atoms with Gasteiger partial charge in [-0.1, -0.05) is 11.6 Å². The van der Waals surface area contributed by atoms with Gasteiger partial charge in [-0.2, -0.15) is 0 Å². The highest BCUT2D eigenvalue weighted by Crippen LogP contribution is 2.27. The van der Waals surface area contributed by atoms with Gasteiger partial charge in [0, 0.05) is 12.2 Å². The lowest BCUT2D eigenvalue weighted by Crippen LogP contribution is -2.22. The number of unbranched alkanes of at least 4 members (excludes halogenated alkanes) is 1. The number of hydrogen-bond acceptors (Lipinski definition) is 3. The number of anilines is 1. The lowest BCUT2D eigenvalue weighted by molar-refractivity contribution is 0.307. The van der Waals surface area contributed by atoms with Gasteiger partial charge in [0.15, 0.2) is 5.96 Å². The first-order valence-corrected chi connectivity index (χ1v) is 8.25. The molecule has 0 spiro atoms. The van der Waals surface area contributed by atoms with Crippen LogP contribution >= 0.6 is 11.6 Å². The quantitative estimate of drug-likeness (QED) is 0.420. The standard InChI is InChI=1S/C18H21ClFN3O2/c1-24-17-9-6-14(12-16(17)19)23-18(21)22-10-2-3-11-25-15-7-4-13(20)5-8-15/h4-9,12H,2-3,10-11H2,1H3,(H3,21,22,23). The van der Waals surface area contributed by atoms with Gasteiger partial charge in [0.05, 0.1) is 18.7 Å². The van der Waals surface area contributed by atoms with Crippen molar-refractivity contribution in [3.8, 4) is 11.5 Å². The average molecular weight is 366 g/mol. The number of rotatable bonds is 8. The Morgan fingerprint density at radius 2 is 1.96 bits per heavy atom. The average Bonchev–Trinajstić information content (AvgIpc) is 2.59. The lowest BCUT2D eigenvalue weighted by Gasteiger charge is -2.08. The molecule has 0 radical (unpaired) electrons. The molecule has 2 aromatic carbocycles. The van der Waals surface area contributed by atoms with Gasteiger partial charge in [-0.3, -0.25) is 4.99 Å². The molecule has 0 saturated carbocycles. The molecule has 0 aromatic heterocycles. The zero-order valence-electron chi connectivity index (χ0n) is 14.0. The third-order valence-electron chi connectivity index (χ3n) is 3.34. The Morgan fingerprint density at radius 3 is 2.64 bits per heavy atom. The molecule has 2 aromatic rings. The van der Waals surface area contributed by atoms with E-state index >= 15 is 0 Å². The molecule has 0 saturated heterocycles. The van der Waals surface area contributed by atoms with Crippen LogP contribution in [0.4, 0.5) is 10.1 Å². The molecule has 3 N–H and O–H groups in total. The van der Waals surface area contributed by atoms with Crippen LogP contribution < -0.4 is 20.5 Å². The van der Waals surface area contributed by atoms with Crippen LogP contribution in [-0.2, 0) is 0 Å². The normalized spacial score (nSPS) is 11.2. The van der Waals surface area contributed by atoms with E-state index in [0.29, 0.717) is 35.6 Å². The number of guanidine groups is 1. The zero-order chi connectivity index (χ0) is 18.1. The van der Waals surface area contributed by atoms with Crippen LogP contribution in [0.1, 0.15) is 12.8 Å². The van der Waals surface area contributed by atoms with Crippen LogP contribution in [0.2, 0.25) is 5.02 Å². The second-order valence-electron chi connectivity index (χ2n) is 5.25. The second-order valence-corrected chi connectivity index (χ2v) is 5.66. The molecule has 7 heteroatoms. The van der Waals surface area contributed by atoms with Crippen molar-refractivity contribution in [3.63, 3.8) is 0 Å². The first-order chi connectivity index (χ1) is 12.1. The van der Waals surface area contributed by atoms with Crippen LogP contribution in [0.3, 0.4) is 0 Å². The maximum Gasteiger partial charge on any atom is 0.193 e. The van der Waals surface area contributed by atoms with E-state index in [1.165, 1.54) is 12.1 Å². The van der Waals surface area contributed by atoms with E-state index in [4.69, 9.17) is 26.8 Å². The minimum atomic E-state index is -0.275. The summed E-state index contributed by atoms with van der Waals surface area (Å²) in [7, 11) is 1.56. The molecule has 0 unspecified atom stereocenters. The highest BCUT2D eigenvalue weighted by Gasteiger charge is 2.02. The Kier molecular flexibility index (Phi) is 7.35. The summed E-state index contributed by atoms with van der Waals surface area (Å²) in [5, 5.41) is 3.48. The van der Waals surface area contributed by atoms with E-state index in [-0.39, 0.29) is 5.82 Å². The molecule has 0 bridgehead atoms. The van der Waals surface area contributed by atoms with Crippen molar-refractivity contribution in [3.05, 3.63) is 53.3 Å². The van der Waals surface area contributed by atoms with Crippen molar-refractivity contribution in [2.75, 3.05) is 25.6 Å². The number of methoxy groups -OCH3 is 1. The molecular weight excluding hydrogens is 345 g/mol. The van der Waals surface area contributed by atoms with E-state index in [2.05, 4.69) is 10.3 Å². The number of nitrogens with one attached hydrogen (secondary N) is 1. The number of nitrogens with two attached hydrogens (primary N) is 1. The van der Waals surface area contributed by atoms with Gasteiger partial charge < -0.3 is 20.5 Å². The molecule has 0 atom stereocenters. The first-order valence-electron chi connectivity index (χ1n) is 7.87. The number of hydrogen-bond donors (Lipinski definition) is 2. The predicted octanol–water partition coefficient (Wildman–Crippen LogP) is 4.07. The van der Waals surface area contributed by atoms with Crippen LogP contribution in [0, 0.1) is 5.82 Å². The Labute approximate surface area is 151 Å². The Morgan fingerprint density at radius 1 is 1.20 bits per heavy atom. The Bertz CT molecular complexity index is 708. The summed E-state index contributed by atoms with van der Waals surface area (Å²) in [6.45, 7) is 1.12. The predicted molar refractivity (Wildman–Crippen MR) is 99.2 cm³/mol. The van der Waals surface area contributed by atoms with Gasteiger partial charge in [-0.05, 0) is 55.3 Å². The topological polar surface area (TPSA) is 68.9 Å². The van der Waals surface area contributed by atoms with Crippen LogP contribution in [0.25, 0.3) is 0 Å². The van der Waals surface area contributed by atoms with Gasteiger partial charge in [-0.15, -0.1) is 0 Å². The fourth-order valence-electron chi connectivity index (χ4n) is 2.07. The SMILES string of the molecule is COc1ccc(NC(N)=NCCCCOc2ccc(F)cc2)cc1Cl. The van der Waals surface area contributed by atoms with Crippen molar-refractivity contribution in [2.24, 2.45) is 10.7 Å². The fourth-order valence-corrected chi connectivity index (χ4v) is 2.32. The molecule has 0 aliphatic carbocycles. The Balaban J connectivity index is 1.67. The molecule has 5 nitrogen and oxygen atoms in total. The number of nitrogens with zero attached hydrogens (tertiary/aromatic N) is 1. The van der Waals surface area contributed by atoms with Crippen LogP contribution in [0.5, 0.6) is 11.5 Å². The highest BCUT2D eigenvalue weighted by atomic mass is 35.5. The molecule has 0 aliphatic rings. The summed E-state index contributed by atoms with van der Waals surface area (Å²) in [5.74, 6) is 1.30.